The van der Waals surface area contributed by atoms with E-state index in [0.717, 1.165) is 25.4 Å². The van der Waals surface area contributed by atoms with Crippen molar-refractivity contribution in [3.63, 3.8) is 0 Å². The lowest BCUT2D eigenvalue weighted by atomic mass is 9.77. The van der Waals surface area contributed by atoms with Crippen molar-refractivity contribution in [3.05, 3.63) is 0 Å². The van der Waals surface area contributed by atoms with Crippen molar-refractivity contribution in [2.45, 2.75) is 84.2 Å². The molecule has 0 aromatic heterocycles. The number of nitrogens with one attached hydrogen (secondary N) is 1. The summed E-state index contributed by atoms with van der Waals surface area (Å²) in [5.74, 6) is 6.72. The van der Waals surface area contributed by atoms with Crippen LogP contribution in [0.2, 0.25) is 0 Å². The van der Waals surface area contributed by atoms with Gasteiger partial charge in [-0.3, -0.25) is 16.2 Å². The van der Waals surface area contributed by atoms with Crippen LogP contribution in [0, 0.1) is 5.92 Å². The molecule has 3 N–H and O–H groups in total. The first-order valence-corrected chi connectivity index (χ1v) is 8.35. The van der Waals surface area contributed by atoms with Gasteiger partial charge in [-0.25, -0.2) is 0 Å². The van der Waals surface area contributed by atoms with E-state index in [0.29, 0.717) is 6.04 Å². The zero-order valence-electron chi connectivity index (χ0n) is 13.5. The standard InChI is InChI=1S/C16H35N3/c1-5-16(4,19(6-2)7-3)15(18-17)14-12-10-8-9-11-13-14/h14-15,18H,5-13,17H2,1-4H3. The molecule has 0 spiro atoms. The smallest absolute Gasteiger partial charge is 0.0420 e. The summed E-state index contributed by atoms with van der Waals surface area (Å²) in [6, 6.07) is 0.412. The molecule has 0 radical (unpaired) electrons. The third-order valence-electron chi connectivity index (χ3n) is 5.42. The van der Waals surface area contributed by atoms with Crippen molar-refractivity contribution in [2.75, 3.05) is 13.1 Å². The molecule has 1 fully saturated rings. The minimum atomic E-state index is 0.174. The van der Waals surface area contributed by atoms with Crippen LogP contribution in [0.3, 0.4) is 0 Å². The minimum Gasteiger partial charge on any atom is -0.297 e. The summed E-state index contributed by atoms with van der Waals surface area (Å²) in [5, 5.41) is 0. The molecule has 1 aliphatic rings. The second-order valence-electron chi connectivity index (χ2n) is 6.28. The highest BCUT2D eigenvalue weighted by molar-refractivity contribution is 4.98. The lowest BCUT2D eigenvalue weighted by molar-refractivity contribution is 0.0417. The normalized spacial score (nSPS) is 23.1. The van der Waals surface area contributed by atoms with E-state index in [4.69, 9.17) is 5.84 Å². The lowest BCUT2D eigenvalue weighted by Crippen LogP contribution is -2.63. The highest BCUT2D eigenvalue weighted by Gasteiger charge is 2.40. The molecule has 0 aromatic rings. The second-order valence-corrected chi connectivity index (χ2v) is 6.28. The summed E-state index contributed by atoms with van der Waals surface area (Å²) < 4.78 is 0. The number of likely N-dealkylation sites (N-methyl/N-ethyl adjacent to an activating group) is 1. The number of hydrogen-bond donors (Lipinski definition) is 2. The molecule has 0 heterocycles. The maximum absolute atomic E-state index is 5.99. The third kappa shape index (κ3) is 3.93. The highest BCUT2D eigenvalue weighted by Crippen LogP contribution is 2.34. The molecule has 1 rings (SSSR count). The Kier molecular flexibility index (Phi) is 7.33. The van der Waals surface area contributed by atoms with Gasteiger partial charge in [0.2, 0.25) is 0 Å². The van der Waals surface area contributed by atoms with Crippen molar-refractivity contribution >= 4 is 0 Å². The van der Waals surface area contributed by atoms with E-state index >= 15 is 0 Å². The van der Waals surface area contributed by atoms with E-state index in [1.807, 2.05) is 0 Å². The molecule has 19 heavy (non-hydrogen) atoms. The molecule has 3 nitrogen and oxygen atoms in total. The first-order valence-electron chi connectivity index (χ1n) is 8.35. The third-order valence-corrected chi connectivity index (χ3v) is 5.42. The number of hydrogen-bond acceptors (Lipinski definition) is 3. The minimum absolute atomic E-state index is 0.174. The maximum Gasteiger partial charge on any atom is 0.0420 e. The zero-order chi connectivity index (χ0) is 14.3. The van der Waals surface area contributed by atoms with Crippen LogP contribution in [0.5, 0.6) is 0 Å². The molecular formula is C16H35N3. The van der Waals surface area contributed by atoms with Gasteiger partial charge in [0, 0.05) is 11.6 Å². The summed E-state index contributed by atoms with van der Waals surface area (Å²) in [6.07, 6.45) is 9.39. The average molecular weight is 269 g/mol. The first kappa shape index (κ1) is 16.9. The molecule has 114 valence electrons. The van der Waals surface area contributed by atoms with E-state index in [2.05, 4.69) is 38.0 Å². The summed E-state index contributed by atoms with van der Waals surface area (Å²) in [6.45, 7) is 11.4. The number of nitrogens with two attached hydrogens (primary N) is 1. The predicted octanol–water partition coefficient (Wildman–Crippen LogP) is 3.30. The Morgan fingerprint density at radius 1 is 1.11 bits per heavy atom. The Labute approximate surface area is 120 Å². The average Bonchev–Trinajstić information content (AvgIpc) is 2.70. The molecule has 3 heteroatoms. The molecule has 0 aromatic carbocycles. The van der Waals surface area contributed by atoms with Gasteiger partial charge >= 0.3 is 0 Å². The molecule has 1 aliphatic carbocycles. The number of rotatable bonds is 7. The van der Waals surface area contributed by atoms with Crippen LogP contribution in [0.1, 0.15) is 72.6 Å². The summed E-state index contributed by atoms with van der Waals surface area (Å²) >= 11 is 0. The van der Waals surface area contributed by atoms with Crippen molar-refractivity contribution in [2.24, 2.45) is 11.8 Å². The van der Waals surface area contributed by atoms with Crippen LogP contribution in [-0.4, -0.2) is 29.6 Å². The number of hydrazine groups is 1. The fourth-order valence-electron chi connectivity index (χ4n) is 4.05. The van der Waals surface area contributed by atoms with Crippen molar-refractivity contribution in [3.8, 4) is 0 Å². The fourth-order valence-corrected chi connectivity index (χ4v) is 4.05. The van der Waals surface area contributed by atoms with Gasteiger partial charge in [0.1, 0.15) is 0 Å². The molecule has 0 bridgehead atoms. The molecule has 1 saturated carbocycles. The van der Waals surface area contributed by atoms with E-state index in [1.54, 1.807) is 0 Å². The van der Waals surface area contributed by atoms with Crippen molar-refractivity contribution < 1.29 is 0 Å². The quantitative estimate of drug-likeness (QED) is 0.423. The molecule has 0 saturated heterocycles. The van der Waals surface area contributed by atoms with Crippen LogP contribution in [0.25, 0.3) is 0 Å². The van der Waals surface area contributed by atoms with Crippen LogP contribution >= 0.6 is 0 Å². The Morgan fingerprint density at radius 3 is 2.00 bits per heavy atom. The van der Waals surface area contributed by atoms with Gasteiger partial charge in [-0.1, -0.05) is 46.5 Å². The van der Waals surface area contributed by atoms with E-state index in [-0.39, 0.29) is 5.54 Å². The summed E-state index contributed by atoms with van der Waals surface area (Å²) in [7, 11) is 0. The topological polar surface area (TPSA) is 41.3 Å². The number of nitrogens with zero attached hydrogens (tertiary/aromatic N) is 1. The van der Waals surface area contributed by atoms with Crippen LogP contribution in [0.4, 0.5) is 0 Å². The van der Waals surface area contributed by atoms with Gasteiger partial charge in [0.05, 0.1) is 0 Å². The van der Waals surface area contributed by atoms with Crippen LogP contribution in [-0.2, 0) is 0 Å². The Morgan fingerprint density at radius 2 is 1.63 bits per heavy atom. The molecule has 2 unspecified atom stereocenters. The van der Waals surface area contributed by atoms with Crippen molar-refractivity contribution in [1.29, 1.82) is 0 Å². The van der Waals surface area contributed by atoms with Gasteiger partial charge in [0.25, 0.3) is 0 Å². The monoisotopic (exact) mass is 269 g/mol. The first-order chi connectivity index (χ1) is 9.13. The van der Waals surface area contributed by atoms with Crippen LogP contribution < -0.4 is 11.3 Å². The SMILES string of the molecule is CCN(CC)C(C)(CC)C(NN)C1CCCCCC1. The Hall–Kier alpha value is -0.120. The van der Waals surface area contributed by atoms with Crippen LogP contribution in [0.15, 0.2) is 0 Å². The van der Waals surface area contributed by atoms with Gasteiger partial charge in [-0.05, 0) is 45.2 Å². The Bertz CT molecular complexity index is 232. The predicted molar refractivity (Wildman–Crippen MR) is 83.9 cm³/mol. The van der Waals surface area contributed by atoms with Gasteiger partial charge in [-0.2, -0.15) is 0 Å². The lowest BCUT2D eigenvalue weighted by Gasteiger charge is -2.48. The maximum atomic E-state index is 5.99. The van der Waals surface area contributed by atoms with Gasteiger partial charge in [-0.15, -0.1) is 0 Å². The molecule has 2 atom stereocenters. The molecule has 0 aliphatic heterocycles. The molecule has 0 amide bonds. The van der Waals surface area contributed by atoms with E-state index in [9.17, 15) is 0 Å². The highest BCUT2D eigenvalue weighted by atomic mass is 15.3. The van der Waals surface area contributed by atoms with E-state index < -0.39 is 0 Å². The van der Waals surface area contributed by atoms with Crippen molar-refractivity contribution in [1.82, 2.24) is 10.3 Å². The van der Waals surface area contributed by atoms with Gasteiger partial charge < -0.3 is 0 Å². The zero-order valence-corrected chi connectivity index (χ0v) is 13.5. The van der Waals surface area contributed by atoms with E-state index in [1.165, 1.54) is 38.5 Å². The summed E-state index contributed by atoms with van der Waals surface area (Å²) in [4.78, 5) is 2.59. The fraction of sp³-hybridized carbons (Fsp3) is 1.00. The Balaban J connectivity index is 2.89. The molecular weight excluding hydrogens is 234 g/mol. The largest absolute Gasteiger partial charge is 0.297 e. The van der Waals surface area contributed by atoms with Gasteiger partial charge in [0.15, 0.2) is 0 Å². The second kappa shape index (κ2) is 8.23. The summed E-state index contributed by atoms with van der Waals surface area (Å²) in [5.41, 5.74) is 3.37.